The Morgan fingerprint density at radius 1 is 1.00 bits per heavy atom. The van der Waals surface area contributed by atoms with Crippen LogP contribution in [0.3, 0.4) is 0 Å². The van der Waals surface area contributed by atoms with Gasteiger partial charge in [-0.05, 0) is 42.4 Å². The Balaban J connectivity index is 1.50. The van der Waals surface area contributed by atoms with Gasteiger partial charge in [-0.15, -0.1) is 23.2 Å². The number of halogens is 2. The third-order valence-electron chi connectivity index (χ3n) is 8.99. The van der Waals surface area contributed by atoms with Crippen LogP contribution in [0, 0.1) is 17.8 Å². The largest absolute Gasteiger partial charge is 0.508 e. The minimum Gasteiger partial charge on any atom is -0.508 e. The average Bonchev–Trinajstić information content (AvgIpc) is 3.28. The highest BCUT2D eigenvalue weighted by molar-refractivity contribution is 6.58. The van der Waals surface area contributed by atoms with E-state index in [1.165, 1.54) is 44.5 Å². The van der Waals surface area contributed by atoms with E-state index in [9.17, 15) is 34.3 Å². The fraction of sp³-hybridized carbons (Fsp3) is 0.357. The molecule has 3 N–H and O–H groups in total. The second kappa shape index (κ2) is 9.32. The van der Waals surface area contributed by atoms with E-state index in [-0.39, 0.29) is 35.3 Å². The SMILES string of the molecule is COc1ccc(C2C3=CCC4C(=O)N(c5cccc(B(O)O)c5)C(=O)C4C3CC3(Cl)C(=O)N(C)C(=O)C23Cl)c(O)c1. The highest BCUT2D eigenvalue weighted by Crippen LogP contribution is 2.66. The number of aromatic hydroxyl groups is 1. The van der Waals surface area contributed by atoms with Gasteiger partial charge in [0.1, 0.15) is 11.5 Å². The second-order valence-corrected chi connectivity index (χ2v) is 12.1. The number of ether oxygens (including phenoxy) is 1. The molecule has 41 heavy (non-hydrogen) atoms. The van der Waals surface area contributed by atoms with Crippen LogP contribution < -0.4 is 15.1 Å². The van der Waals surface area contributed by atoms with Crippen molar-refractivity contribution in [2.24, 2.45) is 17.8 Å². The minimum absolute atomic E-state index is 0.106. The predicted octanol–water partition coefficient (Wildman–Crippen LogP) is 1.27. The number of fused-ring (bicyclic) bond motifs is 4. The number of phenolic OH excluding ortho intramolecular Hbond substituents is 1. The Morgan fingerprint density at radius 2 is 1.73 bits per heavy atom. The van der Waals surface area contributed by atoms with Gasteiger partial charge in [-0.3, -0.25) is 29.0 Å². The molecule has 2 aromatic carbocycles. The van der Waals surface area contributed by atoms with E-state index >= 15 is 0 Å². The topological polar surface area (TPSA) is 145 Å². The number of hydrogen-bond acceptors (Lipinski definition) is 8. The third kappa shape index (κ3) is 3.59. The molecule has 10 nitrogen and oxygen atoms in total. The molecule has 13 heteroatoms. The van der Waals surface area contributed by atoms with Gasteiger partial charge in [0.2, 0.25) is 11.8 Å². The van der Waals surface area contributed by atoms with Gasteiger partial charge in [-0.25, -0.2) is 0 Å². The van der Waals surface area contributed by atoms with E-state index in [2.05, 4.69) is 0 Å². The molecule has 6 unspecified atom stereocenters. The molecule has 0 radical (unpaired) electrons. The van der Waals surface area contributed by atoms with Gasteiger partial charge in [0.05, 0.1) is 24.6 Å². The van der Waals surface area contributed by atoms with Crippen molar-refractivity contribution in [1.29, 1.82) is 0 Å². The van der Waals surface area contributed by atoms with Crippen molar-refractivity contribution in [2.75, 3.05) is 19.1 Å². The summed E-state index contributed by atoms with van der Waals surface area (Å²) in [5.74, 6) is -5.92. The molecule has 2 aliphatic carbocycles. The Morgan fingerprint density at radius 3 is 2.39 bits per heavy atom. The maximum atomic E-state index is 14.0. The number of phenols is 1. The number of carbonyl (C=O) groups excluding carboxylic acids is 4. The van der Waals surface area contributed by atoms with Gasteiger partial charge < -0.3 is 19.9 Å². The van der Waals surface area contributed by atoms with Crippen LogP contribution in [0.25, 0.3) is 0 Å². The summed E-state index contributed by atoms with van der Waals surface area (Å²) in [7, 11) is 0.921. The van der Waals surface area contributed by atoms with Crippen LogP contribution in [0.1, 0.15) is 24.3 Å². The molecule has 0 aromatic heterocycles. The van der Waals surface area contributed by atoms with E-state index in [0.29, 0.717) is 11.3 Å². The Hall–Kier alpha value is -3.38. The summed E-state index contributed by atoms with van der Waals surface area (Å²) in [6, 6.07) is 10.3. The number of benzene rings is 2. The molecule has 6 atom stereocenters. The molecule has 2 aliphatic heterocycles. The number of hydrogen-bond donors (Lipinski definition) is 3. The van der Waals surface area contributed by atoms with Crippen LogP contribution in [0.5, 0.6) is 11.5 Å². The molecule has 4 amide bonds. The summed E-state index contributed by atoms with van der Waals surface area (Å²) < 4.78 is 5.21. The number of anilines is 1. The average molecular weight is 599 g/mol. The van der Waals surface area contributed by atoms with Gasteiger partial charge >= 0.3 is 7.12 Å². The molecule has 1 saturated carbocycles. The van der Waals surface area contributed by atoms with E-state index in [1.807, 2.05) is 0 Å². The van der Waals surface area contributed by atoms with Crippen molar-refractivity contribution in [1.82, 2.24) is 4.90 Å². The standard InChI is InChI=1S/C28H25BCl2N2O8/c1-32-25(37)27(30)12-19-16(22(28(27,31)26(32)38)17-7-6-15(41-2)11-20(17)34)8-9-18-21(19)24(36)33(23(18)35)14-5-3-4-13(10-14)29(39)40/h3-8,10-11,18-19,21-22,34,39-40H,9,12H2,1-2H3. The van der Waals surface area contributed by atoms with Crippen LogP contribution in [-0.4, -0.2) is 74.7 Å². The van der Waals surface area contributed by atoms with Crippen LogP contribution in [0.15, 0.2) is 54.1 Å². The number of carbonyl (C=O) groups is 4. The fourth-order valence-corrected chi connectivity index (χ4v) is 8.07. The molecule has 3 fully saturated rings. The summed E-state index contributed by atoms with van der Waals surface area (Å²) in [5.41, 5.74) is 1.06. The predicted molar refractivity (Wildman–Crippen MR) is 149 cm³/mol. The first-order valence-corrected chi connectivity index (χ1v) is 13.7. The summed E-state index contributed by atoms with van der Waals surface area (Å²) in [4.78, 5) is 52.7. The summed E-state index contributed by atoms with van der Waals surface area (Å²) in [6.45, 7) is 0. The zero-order chi connectivity index (χ0) is 29.6. The molecule has 2 heterocycles. The molecule has 4 aliphatic rings. The van der Waals surface area contributed by atoms with E-state index < -0.39 is 64.2 Å². The number of allylic oxidation sites excluding steroid dienone is 2. The van der Waals surface area contributed by atoms with Crippen molar-refractivity contribution < 1.29 is 39.1 Å². The first-order chi connectivity index (χ1) is 19.4. The van der Waals surface area contributed by atoms with Crippen molar-refractivity contribution in [3.05, 3.63) is 59.7 Å². The Bertz CT molecular complexity index is 1570. The molecule has 0 bridgehead atoms. The monoisotopic (exact) mass is 598 g/mol. The molecule has 6 rings (SSSR count). The zero-order valence-corrected chi connectivity index (χ0v) is 23.5. The summed E-state index contributed by atoms with van der Waals surface area (Å²) >= 11 is 14.2. The molecular formula is C28H25BCl2N2O8. The van der Waals surface area contributed by atoms with Gasteiger partial charge in [0.25, 0.3) is 11.8 Å². The van der Waals surface area contributed by atoms with Gasteiger partial charge in [0, 0.05) is 24.6 Å². The maximum Gasteiger partial charge on any atom is 0.488 e. The van der Waals surface area contributed by atoms with Crippen LogP contribution in [0.4, 0.5) is 5.69 Å². The van der Waals surface area contributed by atoms with E-state index in [0.717, 1.165) is 9.80 Å². The first-order valence-electron chi connectivity index (χ1n) is 13.0. The fourth-order valence-electron chi connectivity index (χ4n) is 7.06. The van der Waals surface area contributed by atoms with Crippen LogP contribution in [-0.2, 0) is 19.2 Å². The summed E-state index contributed by atoms with van der Waals surface area (Å²) in [5, 5.41) is 30.3. The lowest BCUT2D eigenvalue weighted by Crippen LogP contribution is -2.60. The number of rotatable bonds is 4. The van der Waals surface area contributed by atoms with Crippen LogP contribution in [0.2, 0.25) is 0 Å². The Kier molecular flexibility index (Phi) is 6.31. The highest BCUT2D eigenvalue weighted by atomic mass is 35.5. The minimum atomic E-state index is -2.02. The maximum absolute atomic E-state index is 14.0. The second-order valence-electron chi connectivity index (χ2n) is 10.9. The molecule has 2 saturated heterocycles. The van der Waals surface area contributed by atoms with Crippen molar-refractivity contribution in [3.8, 4) is 11.5 Å². The number of nitrogens with zero attached hydrogens (tertiary/aromatic N) is 2. The lowest BCUT2D eigenvalue weighted by molar-refractivity contribution is -0.138. The number of alkyl halides is 2. The number of methoxy groups -OCH3 is 1. The van der Waals surface area contributed by atoms with E-state index in [1.54, 1.807) is 18.2 Å². The number of amides is 4. The van der Waals surface area contributed by atoms with Gasteiger partial charge in [-0.1, -0.05) is 29.8 Å². The van der Waals surface area contributed by atoms with Crippen molar-refractivity contribution in [3.63, 3.8) is 0 Å². The quantitative estimate of drug-likeness (QED) is 0.207. The lowest BCUT2D eigenvalue weighted by Gasteiger charge is -2.50. The first kappa shape index (κ1) is 27.8. The smallest absolute Gasteiger partial charge is 0.488 e. The summed E-state index contributed by atoms with van der Waals surface area (Å²) in [6.07, 6.45) is 1.72. The van der Waals surface area contributed by atoms with Crippen molar-refractivity contribution in [2.45, 2.75) is 28.5 Å². The van der Waals surface area contributed by atoms with Crippen LogP contribution >= 0.6 is 23.2 Å². The highest BCUT2D eigenvalue weighted by Gasteiger charge is 2.76. The van der Waals surface area contributed by atoms with Gasteiger partial charge in [0.15, 0.2) is 9.75 Å². The van der Waals surface area contributed by atoms with Crippen molar-refractivity contribution >= 4 is 65.1 Å². The molecule has 212 valence electrons. The lowest BCUT2D eigenvalue weighted by atomic mass is 9.56. The molecular weight excluding hydrogens is 574 g/mol. The Labute approximate surface area is 245 Å². The van der Waals surface area contributed by atoms with E-state index in [4.69, 9.17) is 27.9 Å². The normalized spacial score (nSPS) is 32.5. The third-order valence-corrected chi connectivity index (χ3v) is 10.4. The number of imide groups is 2. The molecule has 2 aromatic rings. The number of likely N-dealkylation sites (tertiary alicyclic amines) is 1. The molecule has 0 spiro atoms. The van der Waals surface area contributed by atoms with Gasteiger partial charge in [-0.2, -0.15) is 0 Å². The zero-order valence-electron chi connectivity index (χ0n) is 22.0.